The third kappa shape index (κ3) is 6.10. The van der Waals surface area contributed by atoms with Crippen molar-refractivity contribution in [2.45, 2.75) is 57.0 Å². The first-order valence-corrected chi connectivity index (χ1v) is 12.2. The van der Waals surface area contributed by atoms with E-state index in [-0.39, 0.29) is 30.5 Å². The summed E-state index contributed by atoms with van der Waals surface area (Å²) in [4.78, 5) is 35.8. The van der Waals surface area contributed by atoms with Crippen molar-refractivity contribution in [2.24, 2.45) is 5.92 Å². The molecule has 0 fully saturated rings. The number of hydrogen-bond donors (Lipinski definition) is 3. The van der Waals surface area contributed by atoms with Gasteiger partial charge in [-0.15, -0.1) is 0 Å². The van der Waals surface area contributed by atoms with E-state index < -0.39 is 18.0 Å². The number of carbonyl (C=O) groups is 3. The maximum Gasteiger partial charge on any atom is 0.407 e. The van der Waals surface area contributed by atoms with Crippen LogP contribution in [0, 0.1) is 5.92 Å². The largest absolute Gasteiger partial charge is 0.481 e. The second-order valence-corrected chi connectivity index (χ2v) is 9.37. The van der Waals surface area contributed by atoms with Crippen LogP contribution in [0.2, 0.25) is 0 Å². The number of fused-ring (bicyclic) bond motifs is 3. The van der Waals surface area contributed by atoms with E-state index in [1.807, 2.05) is 43.3 Å². The molecule has 35 heavy (non-hydrogen) atoms. The Bertz CT molecular complexity index is 1070. The fraction of sp³-hybridized carbons (Fsp3) is 0.393. The molecule has 0 spiro atoms. The highest BCUT2D eigenvalue weighted by atomic mass is 16.5. The van der Waals surface area contributed by atoms with Crippen molar-refractivity contribution in [3.05, 3.63) is 71.8 Å². The van der Waals surface area contributed by atoms with Crippen LogP contribution in [0.4, 0.5) is 4.79 Å². The van der Waals surface area contributed by atoms with E-state index in [2.05, 4.69) is 34.9 Å². The third-order valence-corrected chi connectivity index (χ3v) is 6.77. The lowest BCUT2D eigenvalue weighted by Gasteiger charge is -2.23. The third-order valence-electron chi connectivity index (χ3n) is 6.77. The molecule has 0 aliphatic heterocycles. The van der Waals surface area contributed by atoms with Crippen LogP contribution in [-0.2, 0) is 14.3 Å². The van der Waals surface area contributed by atoms with Gasteiger partial charge in [0.1, 0.15) is 6.61 Å². The fourth-order valence-electron chi connectivity index (χ4n) is 4.96. The van der Waals surface area contributed by atoms with Crippen LogP contribution in [0.3, 0.4) is 0 Å². The van der Waals surface area contributed by atoms with Crippen LogP contribution < -0.4 is 10.6 Å². The van der Waals surface area contributed by atoms with Gasteiger partial charge in [-0.2, -0.15) is 0 Å². The Labute approximate surface area is 205 Å². The van der Waals surface area contributed by atoms with Gasteiger partial charge in [0.05, 0.1) is 5.92 Å². The Morgan fingerprint density at radius 3 is 2.37 bits per heavy atom. The number of alkyl carbamates (subject to hydrolysis) is 1. The van der Waals surface area contributed by atoms with Crippen LogP contribution in [0.1, 0.15) is 56.1 Å². The van der Waals surface area contributed by atoms with Gasteiger partial charge in [-0.1, -0.05) is 60.7 Å². The summed E-state index contributed by atoms with van der Waals surface area (Å²) in [5.74, 6) is -1.38. The van der Waals surface area contributed by atoms with E-state index in [0.717, 1.165) is 0 Å². The molecule has 7 nitrogen and oxygen atoms in total. The molecule has 0 bridgehead atoms. The molecule has 2 aliphatic carbocycles. The number of hydrogen-bond acceptors (Lipinski definition) is 4. The van der Waals surface area contributed by atoms with Crippen molar-refractivity contribution in [3.8, 4) is 11.1 Å². The average Bonchev–Trinajstić information content (AvgIpc) is 3.16. The molecule has 2 aliphatic rings. The van der Waals surface area contributed by atoms with Gasteiger partial charge in [-0.3, -0.25) is 9.59 Å². The molecule has 1 unspecified atom stereocenters. The van der Waals surface area contributed by atoms with E-state index in [9.17, 15) is 14.4 Å². The van der Waals surface area contributed by atoms with Gasteiger partial charge in [-0.25, -0.2) is 4.79 Å². The van der Waals surface area contributed by atoms with Gasteiger partial charge in [0.15, 0.2) is 0 Å². The molecule has 0 saturated carbocycles. The van der Waals surface area contributed by atoms with E-state index >= 15 is 0 Å². The summed E-state index contributed by atoms with van der Waals surface area (Å²) in [7, 11) is 0. The molecule has 0 aromatic heterocycles. The van der Waals surface area contributed by atoms with Crippen molar-refractivity contribution in [3.63, 3.8) is 0 Å². The van der Waals surface area contributed by atoms with Crippen molar-refractivity contribution < 1.29 is 24.2 Å². The molecule has 184 valence electrons. The van der Waals surface area contributed by atoms with Crippen LogP contribution in [-0.4, -0.2) is 41.8 Å². The SMILES string of the molecule is CC(CCCC(=O)N[C@H]1C=CC[C@H](C(=O)O)C1)NC(=O)OCC1c2ccccc2-c2ccccc21. The number of aliphatic carboxylic acids is 1. The summed E-state index contributed by atoms with van der Waals surface area (Å²) < 4.78 is 5.58. The van der Waals surface area contributed by atoms with Gasteiger partial charge in [0.2, 0.25) is 5.91 Å². The lowest BCUT2D eigenvalue weighted by molar-refractivity contribution is -0.142. The molecule has 3 atom stereocenters. The summed E-state index contributed by atoms with van der Waals surface area (Å²) in [6.07, 6.45) is 5.69. The van der Waals surface area contributed by atoms with Crippen molar-refractivity contribution in [2.75, 3.05) is 6.61 Å². The molecule has 2 aromatic carbocycles. The predicted molar refractivity (Wildman–Crippen MR) is 133 cm³/mol. The number of ether oxygens (including phenoxy) is 1. The van der Waals surface area contributed by atoms with Crippen LogP contribution >= 0.6 is 0 Å². The Kier molecular flexibility index (Phi) is 7.85. The van der Waals surface area contributed by atoms with Gasteiger partial charge in [0.25, 0.3) is 0 Å². The molecule has 0 heterocycles. The number of amides is 2. The number of allylic oxidation sites excluding steroid dienone is 1. The second-order valence-electron chi connectivity index (χ2n) is 9.37. The number of carbonyl (C=O) groups excluding carboxylic acids is 2. The minimum Gasteiger partial charge on any atom is -0.481 e. The maximum atomic E-state index is 12.4. The number of carboxylic acid groups (broad SMARTS) is 1. The van der Waals surface area contributed by atoms with Crippen LogP contribution in [0.25, 0.3) is 11.1 Å². The predicted octanol–water partition coefficient (Wildman–Crippen LogP) is 4.62. The molecule has 0 radical (unpaired) electrons. The number of benzene rings is 2. The van der Waals surface area contributed by atoms with Gasteiger partial charge in [-0.05, 0) is 54.9 Å². The first-order chi connectivity index (χ1) is 16.9. The molecule has 7 heteroatoms. The molecule has 0 saturated heterocycles. The molecular weight excluding hydrogens is 444 g/mol. The smallest absolute Gasteiger partial charge is 0.407 e. The highest BCUT2D eigenvalue weighted by Gasteiger charge is 2.29. The van der Waals surface area contributed by atoms with Gasteiger partial charge >= 0.3 is 12.1 Å². The van der Waals surface area contributed by atoms with Crippen molar-refractivity contribution in [1.82, 2.24) is 10.6 Å². The Morgan fingerprint density at radius 2 is 1.71 bits per heavy atom. The first-order valence-electron chi connectivity index (χ1n) is 12.2. The highest BCUT2D eigenvalue weighted by Crippen LogP contribution is 2.44. The van der Waals surface area contributed by atoms with Crippen molar-refractivity contribution >= 4 is 18.0 Å². The Morgan fingerprint density at radius 1 is 1.06 bits per heavy atom. The van der Waals surface area contributed by atoms with Crippen molar-refractivity contribution in [1.29, 1.82) is 0 Å². The Hall–Kier alpha value is -3.61. The quantitative estimate of drug-likeness (QED) is 0.458. The van der Waals surface area contributed by atoms with E-state index in [1.165, 1.54) is 22.3 Å². The van der Waals surface area contributed by atoms with Crippen LogP contribution in [0.15, 0.2) is 60.7 Å². The number of nitrogens with one attached hydrogen (secondary N) is 2. The summed E-state index contributed by atoms with van der Waals surface area (Å²) in [5.41, 5.74) is 4.71. The van der Waals surface area contributed by atoms with Gasteiger partial charge in [0, 0.05) is 24.4 Å². The zero-order valence-electron chi connectivity index (χ0n) is 19.9. The number of rotatable bonds is 9. The first kappa shape index (κ1) is 24.5. The highest BCUT2D eigenvalue weighted by molar-refractivity contribution is 5.79. The lowest BCUT2D eigenvalue weighted by atomic mass is 9.91. The van der Waals surface area contributed by atoms with E-state index in [0.29, 0.717) is 32.1 Å². The molecule has 2 aromatic rings. The maximum absolute atomic E-state index is 12.4. The summed E-state index contributed by atoms with van der Waals surface area (Å²) in [6, 6.07) is 16.0. The summed E-state index contributed by atoms with van der Waals surface area (Å²) in [6.45, 7) is 2.15. The summed E-state index contributed by atoms with van der Waals surface area (Å²) >= 11 is 0. The standard InChI is InChI=1S/C28H32N2O5/c1-18(8-6-15-26(31)30-20-10-7-9-19(16-20)27(32)33)29-28(34)35-17-25-23-13-4-2-11-21(23)22-12-3-5-14-24(22)25/h2-5,7,10-14,18-20,25H,6,8-9,15-17H2,1H3,(H,29,34)(H,30,31)(H,32,33)/t18?,19-,20-/m0/s1. The molecule has 4 rings (SSSR count). The molecule has 3 N–H and O–H groups in total. The minimum absolute atomic E-state index is 0.0155. The fourth-order valence-corrected chi connectivity index (χ4v) is 4.96. The topological polar surface area (TPSA) is 105 Å². The minimum atomic E-state index is -0.832. The monoisotopic (exact) mass is 476 g/mol. The molecular formula is C28H32N2O5. The van der Waals surface area contributed by atoms with Crippen LogP contribution in [0.5, 0.6) is 0 Å². The summed E-state index contributed by atoms with van der Waals surface area (Å²) in [5, 5.41) is 14.9. The lowest BCUT2D eigenvalue weighted by Crippen LogP contribution is -2.38. The second kappa shape index (κ2) is 11.2. The molecule has 2 amide bonds. The van der Waals surface area contributed by atoms with Gasteiger partial charge < -0.3 is 20.5 Å². The zero-order valence-corrected chi connectivity index (χ0v) is 19.9. The van der Waals surface area contributed by atoms with E-state index in [4.69, 9.17) is 9.84 Å². The number of carboxylic acids is 1. The zero-order chi connectivity index (χ0) is 24.8. The average molecular weight is 477 g/mol. The van der Waals surface area contributed by atoms with E-state index in [1.54, 1.807) is 0 Å². The normalized spacial score (nSPS) is 19.3. The Balaban J connectivity index is 1.18.